The average Bonchev–Trinajstić information content (AvgIpc) is 2.31. The maximum absolute atomic E-state index is 13.0. The molecule has 0 aliphatic heterocycles. The lowest BCUT2D eigenvalue weighted by Gasteiger charge is -2.32. The molecule has 0 N–H and O–H groups in total. The standard InChI is InChI=1S/C12H15F9/c1-2-3-4-5-6-7-8-9(13,14)10(15,16)11(17,18)12(19,20)21/h7-8H,2-6H2,1H3. The number of rotatable bonds is 8. The SMILES string of the molecule is CCCCCCC=CC(F)(F)C(F)(F)C(F)(F)C(F)(F)F. The fourth-order valence-corrected chi connectivity index (χ4v) is 1.41. The van der Waals surface area contributed by atoms with Crippen molar-refractivity contribution in [2.75, 3.05) is 0 Å². The fraction of sp³-hybridized carbons (Fsp3) is 0.833. The summed E-state index contributed by atoms with van der Waals surface area (Å²) in [5.74, 6) is -19.0. The molecule has 0 rings (SSSR count). The average molecular weight is 330 g/mol. The zero-order valence-electron chi connectivity index (χ0n) is 11.1. The van der Waals surface area contributed by atoms with E-state index >= 15 is 0 Å². The van der Waals surface area contributed by atoms with E-state index in [4.69, 9.17) is 0 Å². The van der Waals surface area contributed by atoms with Crippen LogP contribution in [-0.4, -0.2) is 23.9 Å². The second-order valence-corrected chi connectivity index (χ2v) is 4.52. The van der Waals surface area contributed by atoms with Gasteiger partial charge in [-0.1, -0.05) is 32.3 Å². The van der Waals surface area contributed by atoms with Crippen LogP contribution in [-0.2, 0) is 0 Å². The summed E-state index contributed by atoms with van der Waals surface area (Å²) in [5, 5.41) is 0. The maximum atomic E-state index is 13.0. The molecule has 0 saturated carbocycles. The van der Waals surface area contributed by atoms with Crippen LogP contribution in [0.4, 0.5) is 39.5 Å². The Bertz CT molecular complexity index is 341. The third kappa shape index (κ3) is 4.54. The van der Waals surface area contributed by atoms with E-state index in [0.717, 1.165) is 12.8 Å². The molecule has 0 spiro atoms. The van der Waals surface area contributed by atoms with E-state index in [1.165, 1.54) is 0 Å². The summed E-state index contributed by atoms with van der Waals surface area (Å²) < 4.78 is 112. The van der Waals surface area contributed by atoms with Crippen LogP contribution >= 0.6 is 0 Å². The molecule has 0 radical (unpaired) electrons. The molecule has 126 valence electrons. The molecule has 0 aliphatic rings. The van der Waals surface area contributed by atoms with Gasteiger partial charge in [0.05, 0.1) is 0 Å². The third-order valence-corrected chi connectivity index (χ3v) is 2.72. The van der Waals surface area contributed by atoms with E-state index in [0.29, 0.717) is 18.9 Å². The van der Waals surface area contributed by atoms with Crippen molar-refractivity contribution in [1.29, 1.82) is 0 Å². The highest BCUT2D eigenvalue weighted by atomic mass is 19.4. The van der Waals surface area contributed by atoms with Crippen molar-refractivity contribution in [2.24, 2.45) is 0 Å². The molecule has 0 atom stereocenters. The Balaban J connectivity index is 4.92. The molecular formula is C12H15F9. The smallest absolute Gasteiger partial charge is 0.195 e. The van der Waals surface area contributed by atoms with Gasteiger partial charge >= 0.3 is 23.9 Å². The van der Waals surface area contributed by atoms with Gasteiger partial charge in [-0.2, -0.15) is 39.5 Å². The van der Waals surface area contributed by atoms with Crippen molar-refractivity contribution in [3.05, 3.63) is 12.2 Å². The predicted molar refractivity (Wildman–Crippen MR) is 58.8 cm³/mol. The summed E-state index contributed by atoms with van der Waals surface area (Å²) >= 11 is 0. The van der Waals surface area contributed by atoms with Gasteiger partial charge in [-0.25, -0.2) is 0 Å². The van der Waals surface area contributed by atoms with E-state index < -0.39 is 30.0 Å². The molecule has 0 aromatic carbocycles. The molecule has 9 heteroatoms. The zero-order chi connectivity index (χ0) is 16.9. The summed E-state index contributed by atoms with van der Waals surface area (Å²) in [6, 6.07) is 0. The van der Waals surface area contributed by atoms with E-state index in [1.807, 2.05) is 6.92 Å². The van der Waals surface area contributed by atoms with Crippen LogP contribution in [0.25, 0.3) is 0 Å². The summed E-state index contributed by atoms with van der Waals surface area (Å²) in [7, 11) is 0. The highest BCUT2D eigenvalue weighted by Crippen LogP contribution is 2.53. The van der Waals surface area contributed by atoms with Crippen molar-refractivity contribution in [3.8, 4) is 0 Å². The minimum absolute atomic E-state index is 0.108. The van der Waals surface area contributed by atoms with E-state index in [1.54, 1.807) is 0 Å². The molecule has 0 aromatic heterocycles. The first kappa shape index (κ1) is 20.1. The van der Waals surface area contributed by atoms with Crippen LogP contribution in [0.2, 0.25) is 0 Å². The summed E-state index contributed by atoms with van der Waals surface area (Å²) in [6.07, 6.45) is -4.40. The van der Waals surface area contributed by atoms with Gasteiger partial charge in [-0.15, -0.1) is 0 Å². The van der Waals surface area contributed by atoms with Gasteiger partial charge in [0.1, 0.15) is 0 Å². The molecule has 0 saturated heterocycles. The number of alkyl halides is 9. The van der Waals surface area contributed by atoms with E-state index in [-0.39, 0.29) is 6.42 Å². The molecule has 21 heavy (non-hydrogen) atoms. The van der Waals surface area contributed by atoms with Crippen LogP contribution in [0.15, 0.2) is 12.2 Å². The molecular weight excluding hydrogens is 315 g/mol. The first-order chi connectivity index (χ1) is 9.31. The van der Waals surface area contributed by atoms with Gasteiger partial charge in [0.15, 0.2) is 0 Å². The van der Waals surface area contributed by atoms with Crippen LogP contribution in [0.5, 0.6) is 0 Å². The maximum Gasteiger partial charge on any atom is 0.460 e. The zero-order valence-corrected chi connectivity index (χ0v) is 11.1. The van der Waals surface area contributed by atoms with Crippen molar-refractivity contribution in [3.63, 3.8) is 0 Å². The minimum Gasteiger partial charge on any atom is -0.195 e. The number of hydrogen-bond donors (Lipinski definition) is 0. The molecule has 0 amide bonds. The first-order valence-corrected chi connectivity index (χ1v) is 6.19. The minimum atomic E-state index is -6.82. The van der Waals surface area contributed by atoms with Gasteiger partial charge in [-0.05, 0) is 18.9 Å². The van der Waals surface area contributed by atoms with Crippen molar-refractivity contribution < 1.29 is 39.5 Å². The first-order valence-electron chi connectivity index (χ1n) is 6.19. The number of allylic oxidation sites excluding steroid dienone is 2. The highest BCUT2D eigenvalue weighted by Gasteiger charge is 2.81. The van der Waals surface area contributed by atoms with Crippen molar-refractivity contribution >= 4 is 0 Å². The molecule has 0 aliphatic carbocycles. The van der Waals surface area contributed by atoms with Gasteiger partial charge in [0.2, 0.25) is 0 Å². The van der Waals surface area contributed by atoms with Crippen LogP contribution < -0.4 is 0 Å². The van der Waals surface area contributed by atoms with Gasteiger partial charge in [0.25, 0.3) is 0 Å². The largest absolute Gasteiger partial charge is 0.460 e. The second-order valence-electron chi connectivity index (χ2n) is 4.52. The topological polar surface area (TPSA) is 0 Å². The molecule has 0 nitrogen and oxygen atoms in total. The summed E-state index contributed by atoms with van der Waals surface area (Å²) in [6.45, 7) is 1.86. The molecule has 0 aromatic rings. The van der Waals surface area contributed by atoms with Crippen molar-refractivity contribution in [1.82, 2.24) is 0 Å². The normalized spacial score (nSPS) is 15.0. The van der Waals surface area contributed by atoms with Crippen molar-refractivity contribution in [2.45, 2.75) is 63.0 Å². The Morgan fingerprint density at radius 1 is 0.714 bits per heavy atom. The number of halogens is 9. The lowest BCUT2D eigenvalue weighted by molar-refractivity contribution is -0.388. The lowest BCUT2D eigenvalue weighted by Crippen LogP contribution is -2.60. The second kappa shape index (κ2) is 6.91. The van der Waals surface area contributed by atoms with E-state index in [2.05, 4.69) is 0 Å². The molecule has 0 heterocycles. The highest BCUT2D eigenvalue weighted by molar-refractivity contribution is 5.10. The quantitative estimate of drug-likeness (QED) is 0.292. The Morgan fingerprint density at radius 2 is 1.24 bits per heavy atom. The number of hydrogen-bond acceptors (Lipinski definition) is 0. The lowest BCUT2D eigenvalue weighted by atomic mass is 10.0. The Kier molecular flexibility index (Phi) is 6.62. The van der Waals surface area contributed by atoms with Crippen LogP contribution in [0, 0.1) is 0 Å². The van der Waals surface area contributed by atoms with Crippen LogP contribution in [0.1, 0.15) is 39.0 Å². The molecule has 0 unspecified atom stereocenters. The van der Waals surface area contributed by atoms with Gasteiger partial charge < -0.3 is 0 Å². The predicted octanol–water partition coefficient (Wildman–Crippen LogP) is 5.98. The Hall–Kier alpha value is -0.890. The molecule has 0 bridgehead atoms. The monoisotopic (exact) mass is 330 g/mol. The van der Waals surface area contributed by atoms with Gasteiger partial charge in [-0.3, -0.25) is 0 Å². The fourth-order valence-electron chi connectivity index (χ4n) is 1.41. The van der Waals surface area contributed by atoms with Gasteiger partial charge in [0, 0.05) is 0 Å². The third-order valence-electron chi connectivity index (χ3n) is 2.72. The Morgan fingerprint density at radius 3 is 1.67 bits per heavy atom. The van der Waals surface area contributed by atoms with Crippen LogP contribution in [0.3, 0.4) is 0 Å². The Labute approximate surface area is 116 Å². The summed E-state index contributed by atoms with van der Waals surface area (Å²) in [5.41, 5.74) is 0. The molecule has 0 fully saturated rings. The van der Waals surface area contributed by atoms with E-state index in [9.17, 15) is 39.5 Å². The number of unbranched alkanes of at least 4 members (excludes halogenated alkanes) is 4. The summed E-state index contributed by atoms with van der Waals surface area (Å²) in [4.78, 5) is 0.